The minimum atomic E-state index is -0.0517. The molecule has 0 radical (unpaired) electrons. The molecular weight excluding hydrogens is 314 g/mol. The lowest BCUT2D eigenvalue weighted by Crippen LogP contribution is -2.46. The van der Waals surface area contributed by atoms with E-state index in [9.17, 15) is 4.79 Å². The molecule has 1 N–H and O–H groups in total. The Labute approximate surface area is 142 Å². The standard InChI is InChI=1S/C17H24ClN3O2/c18-15-3-1-14(2-4-15)16-13-21(11-12-23-16)17(22)5-8-20-9-6-19-7-10-20/h1-4,16,19H,5-13H2. The van der Waals surface area contributed by atoms with Crippen molar-refractivity contribution in [1.29, 1.82) is 0 Å². The summed E-state index contributed by atoms with van der Waals surface area (Å²) >= 11 is 5.93. The summed E-state index contributed by atoms with van der Waals surface area (Å²) < 4.78 is 5.82. The van der Waals surface area contributed by atoms with Crippen molar-refractivity contribution in [3.63, 3.8) is 0 Å². The lowest BCUT2D eigenvalue weighted by Gasteiger charge is -2.34. The molecule has 2 aliphatic rings. The van der Waals surface area contributed by atoms with Gasteiger partial charge in [-0.2, -0.15) is 0 Å². The molecule has 126 valence electrons. The topological polar surface area (TPSA) is 44.8 Å². The van der Waals surface area contributed by atoms with Crippen LogP contribution in [0.4, 0.5) is 0 Å². The summed E-state index contributed by atoms with van der Waals surface area (Å²) in [5.74, 6) is 0.228. The molecule has 1 aromatic carbocycles. The average molecular weight is 338 g/mol. The van der Waals surface area contributed by atoms with Gasteiger partial charge in [0, 0.05) is 50.7 Å². The van der Waals surface area contributed by atoms with Crippen LogP contribution in [0.3, 0.4) is 0 Å². The van der Waals surface area contributed by atoms with E-state index >= 15 is 0 Å². The van der Waals surface area contributed by atoms with Crippen LogP contribution < -0.4 is 5.32 Å². The Morgan fingerprint density at radius 3 is 2.70 bits per heavy atom. The SMILES string of the molecule is O=C(CCN1CCNCC1)N1CCOC(c2ccc(Cl)cc2)C1. The van der Waals surface area contributed by atoms with Gasteiger partial charge >= 0.3 is 0 Å². The first kappa shape index (κ1) is 16.7. The number of hydrogen-bond donors (Lipinski definition) is 1. The summed E-state index contributed by atoms with van der Waals surface area (Å²) in [7, 11) is 0. The molecule has 1 amide bonds. The van der Waals surface area contributed by atoms with Crippen molar-refractivity contribution in [3.05, 3.63) is 34.9 Å². The summed E-state index contributed by atoms with van der Waals surface area (Å²) in [5.41, 5.74) is 1.08. The molecule has 6 heteroatoms. The van der Waals surface area contributed by atoms with Gasteiger partial charge in [0.2, 0.25) is 5.91 Å². The van der Waals surface area contributed by atoms with E-state index in [1.54, 1.807) is 0 Å². The first-order valence-electron chi connectivity index (χ1n) is 8.30. The van der Waals surface area contributed by atoms with Crippen LogP contribution in [0.15, 0.2) is 24.3 Å². The van der Waals surface area contributed by atoms with E-state index in [1.165, 1.54) is 0 Å². The first-order chi connectivity index (χ1) is 11.2. The van der Waals surface area contributed by atoms with Gasteiger partial charge in [-0.05, 0) is 17.7 Å². The molecule has 1 unspecified atom stereocenters. The van der Waals surface area contributed by atoms with Gasteiger partial charge in [0.1, 0.15) is 6.10 Å². The van der Waals surface area contributed by atoms with Crippen molar-refractivity contribution < 1.29 is 9.53 Å². The van der Waals surface area contributed by atoms with Crippen LogP contribution in [-0.4, -0.2) is 68.1 Å². The number of nitrogens with one attached hydrogen (secondary N) is 1. The van der Waals surface area contributed by atoms with E-state index in [4.69, 9.17) is 16.3 Å². The maximum absolute atomic E-state index is 12.5. The van der Waals surface area contributed by atoms with Gasteiger partial charge in [-0.15, -0.1) is 0 Å². The Balaban J connectivity index is 1.51. The molecular formula is C17H24ClN3O2. The lowest BCUT2D eigenvalue weighted by molar-refractivity contribution is -0.139. The number of benzene rings is 1. The van der Waals surface area contributed by atoms with Crippen molar-refractivity contribution in [2.75, 3.05) is 52.4 Å². The van der Waals surface area contributed by atoms with Crippen LogP contribution in [-0.2, 0) is 9.53 Å². The summed E-state index contributed by atoms with van der Waals surface area (Å²) in [6.07, 6.45) is 0.539. The first-order valence-corrected chi connectivity index (χ1v) is 8.68. The summed E-state index contributed by atoms with van der Waals surface area (Å²) in [6.45, 7) is 6.85. The zero-order chi connectivity index (χ0) is 16.1. The second-order valence-corrected chi connectivity index (χ2v) is 6.53. The predicted molar refractivity (Wildman–Crippen MR) is 90.7 cm³/mol. The number of piperazine rings is 1. The van der Waals surface area contributed by atoms with Crippen LogP contribution in [0.2, 0.25) is 5.02 Å². The van der Waals surface area contributed by atoms with Gasteiger partial charge in [-0.25, -0.2) is 0 Å². The minimum Gasteiger partial charge on any atom is -0.370 e. The van der Waals surface area contributed by atoms with E-state index < -0.39 is 0 Å². The summed E-state index contributed by atoms with van der Waals surface area (Å²) in [6, 6.07) is 7.68. The number of amides is 1. The second kappa shape index (κ2) is 8.11. The Kier molecular flexibility index (Phi) is 5.89. The number of carbonyl (C=O) groups is 1. The average Bonchev–Trinajstić information content (AvgIpc) is 2.61. The fraction of sp³-hybridized carbons (Fsp3) is 0.588. The zero-order valence-corrected chi connectivity index (χ0v) is 14.1. The van der Waals surface area contributed by atoms with Crippen molar-refractivity contribution in [2.24, 2.45) is 0 Å². The smallest absolute Gasteiger partial charge is 0.224 e. The van der Waals surface area contributed by atoms with Crippen molar-refractivity contribution in [1.82, 2.24) is 15.1 Å². The van der Waals surface area contributed by atoms with Gasteiger partial charge in [-0.3, -0.25) is 4.79 Å². The Bertz CT molecular complexity index is 517. The number of morpholine rings is 1. The number of ether oxygens (including phenoxy) is 1. The Morgan fingerprint density at radius 2 is 1.96 bits per heavy atom. The summed E-state index contributed by atoms with van der Waals surface area (Å²) in [4.78, 5) is 16.8. The molecule has 2 saturated heterocycles. The quantitative estimate of drug-likeness (QED) is 0.905. The fourth-order valence-electron chi connectivity index (χ4n) is 3.10. The van der Waals surface area contributed by atoms with Crippen molar-refractivity contribution in [3.8, 4) is 0 Å². The third-order valence-electron chi connectivity index (χ3n) is 4.51. The number of nitrogens with zero attached hydrogens (tertiary/aromatic N) is 2. The maximum Gasteiger partial charge on any atom is 0.224 e. The molecule has 0 aliphatic carbocycles. The third kappa shape index (κ3) is 4.67. The maximum atomic E-state index is 12.5. The molecule has 23 heavy (non-hydrogen) atoms. The number of rotatable bonds is 4. The van der Waals surface area contributed by atoms with Gasteiger partial charge in [0.25, 0.3) is 0 Å². The molecule has 1 aromatic rings. The number of hydrogen-bond acceptors (Lipinski definition) is 4. The second-order valence-electron chi connectivity index (χ2n) is 6.09. The number of carbonyl (C=O) groups excluding carboxylic acids is 1. The fourth-order valence-corrected chi connectivity index (χ4v) is 3.23. The van der Waals surface area contributed by atoms with Gasteiger partial charge in [0.15, 0.2) is 0 Å². The van der Waals surface area contributed by atoms with E-state index in [-0.39, 0.29) is 12.0 Å². The highest BCUT2D eigenvalue weighted by atomic mass is 35.5. The summed E-state index contributed by atoms with van der Waals surface area (Å²) in [5, 5.41) is 4.05. The lowest BCUT2D eigenvalue weighted by atomic mass is 10.1. The van der Waals surface area contributed by atoms with E-state index in [2.05, 4.69) is 10.2 Å². The van der Waals surface area contributed by atoms with Crippen LogP contribution in [0.25, 0.3) is 0 Å². The van der Waals surface area contributed by atoms with Crippen LogP contribution in [0, 0.1) is 0 Å². The minimum absolute atomic E-state index is 0.0517. The van der Waals surface area contributed by atoms with Crippen LogP contribution in [0.1, 0.15) is 18.1 Å². The van der Waals surface area contributed by atoms with E-state index in [1.807, 2.05) is 29.2 Å². The normalized spacial score (nSPS) is 23.0. The van der Waals surface area contributed by atoms with Crippen LogP contribution >= 0.6 is 11.6 Å². The highest BCUT2D eigenvalue weighted by Crippen LogP contribution is 2.24. The monoisotopic (exact) mass is 337 g/mol. The van der Waals surface area contributed by atoms with Gasteiger partial charge in [-0.1, -0.05) is 23.7 Å². The molecule has 1 atom stereocenters. The molecule has 2 aliphatic heterocycles. The highest BCUT2D eigenvalue weighted by Gasteiger charge is 2.25. The number of halogens is 1. The van der Waals surface area contributed by atoms with E-state index in [0.717, 1.165) is 38.3 Å². The molecule has 0 aromatic heterocycles. The van der Waals surface area contributed by atoms with Crippen LogP contribution in [0.5, 0.6) is 0 Å². The molecule has 5 nitrogen and oxygen atoms in total. The zero-order valence-electron chi connectivity index (χ0n) is 13.3. The molecule has 0 spiro atoms. The predicted octanol–water partition coefficient (Wildman–Crippen LogP) is 1.54. The van der Waals surface area contributed by atoms with Crippen molar-refractivity contribution >= 4 is 17.5 Å². The third-order valence-corrected chi connectivity index (χ3v) is 4.76. The van der Waals surface area contributed by atoms with Gasteiger partial charge in [0.05, 0.1) is 13.2 Å². The molecule has 0 bridgehead atoms. The Morgan fingerprint density at radius 1 is 1.22 bits per heavy atom. The largest absolute Gasteiger partial charge is 0.370 e. The molecule has 3 rings (SSSR count). The van der Waals surface area contributed by atoms with Gasteiger partial charge < -0.3 is 19.9 Å². The van der Waals surface area contributed by atoms with Crippen molar-refractivity contribution in [2.45, 2.75) is 12.5 Å². The molecule has 2 heterocycles. The Hall–Kier alpha value is -1.14. The highest BCUT2D eigenvalue weighted by molar-refractivity contribution is 6.30. The van der Waals surface area contributed by atoms with E-state index in [0.29, 0.717) is 31.1 Å². The molecule has 0 saturated carbocycles. The molecule has 2 fully saturated rings.